The fraction of sp³-hybridized carbons (Fsp3) is 0.143. The van der Waals surface area contributed by atoms with Gasteiger partial charge in [0.2, 0.25) is 0 Å². The molecule has 0 spiro atoms. The first-order valence-electron chi connectivity index (χ1n) is 5.49. The summed E-state index contributed by atoms with van der Waals surface area (Å²) in [6.45, 7) is 0. The van der Waals surface area contributed by atoms with Gasteiger partial charge in [-0.1, -0.05) is 47.5 Å². The third-order valence-corrected chi connectivity index (χ3v) is 2.98. The van der Waals surface area contributed by atoms with Crippen LogP contribution in [-0.4, -0.2) is 26.2 Å². The van der Waals surface area contributed by atoms with Gasteiger partial charge in [0, 0.05) is 12.2 Å². The van der Waals surface area contributed by atoms with Crippen LogP contribution in [0.15, 0.2) is 36.4 Å². The average molecular weight is 315 g/mol. The second-order valence-electron chi connectivity index (χ2n) is 3.61. The van der Waals surface area contributed by atoms with E-state index in [1.165, 1.54) is 26.4 Å². The molecule has 0 atom stereocenters. The Morgan fingerprint density at radius 2 is 1.15 bits per heavy atom. The van der Waals surface area contributed by atoms with Crippen molar-refractivity contribution < 1.29 is 19.1 Å². The Hall–Kier alpha value is -1.78. The van der Waals surface area contributed by atoms with Gasteiger partial charge in [-0.05, 0) is 11.1 Å². The Balaban J connectivity index is 2.94. The fourth-order valence-electron chi connectivity index (χ4n) is 1.28. The van der Waals surface area contributed by atoms with Crippen LogP contribution in [0.1, 0.15) is 11.1 Å². The van der Waals surface area contributed by atoms with Gasteiger partial charge in [0.1, 0.15) is 0 Å². The van der Waals surface area contributed by atoms with Crippen LogP contribution in [0.2, 0.25) is 0 Å². The molecule has 0 fully saturated rings. The Labute approximate surface area is 126 Å². The Bertz CT molecular complexity index is 508. The first-order valence-corrected chi connectivity index (χ1v) is 6.24. The molecular formula is C14H12Cl2O4. The summed E-state index contributed by atoms with van der Waals surface area (Å²) in [5.41, 5.74) is 1.26. The van der Waals surface area contributed by atoms with Gasteiger partial charge in [-0.25, -0.2) is 9.59 Å². The summed E-state index contributed by atoms with van der Waals surface area (Å²) in [6, 6.07) is 6.68. The van der Waals surface area contributed by atoms with E-state index in [4.69, 9.17) is 23.2 Å². The van der Waals surface area contributed by atoms with Gasteiger partial charge in [-0.15, -0.1) is 0 Å². The highest BCUT2D eigenvalue weighted by Gasteiger charge is 2.05. The van der Waals surface area contributed by atoms with Crippen molar-refractivity contribution in [3.63, 3.8) is 0 Å². The molecule has 1 aromatic rings. The third-order valence-electron chi connectivity index (χ3n) is 2.33. The normalized spacial score (nSPS) is 12.0. The highest BCUT2D eigenvalue weighted by Crippen LogP contribution is 2.24. The molecule has 6 heteroatoms. The van der Waals surface area contributed by atoms with Crippen LogP contribution in [0.25, 0.3) is 10.1 Å². The number of benzene rings is 1. The van der Waals surface area contributed by atoms with E-state index in [-0.39, 0.29) is 10.1 Å². The van der Waals surface area contributed by atoms with E-state index in [0.717, 1.165) is 0 Å². The zero-order valence-corrected chi connectivity index (χ0v) is 12.4. The van der Waals surface area contributed by atoms with Crippen molar-refractivity contribution in [2.24, 2.45) is 0 Å². The molecule has 0 saturated heterocycles. The number of hydrogen-bond donors (Lipinski definition) is 0. The summed E-state index contributed by atoms with van der Waals surface area (Å²) in [5.74, 6) is -1.08. The number of methoxy groups -OCH3 is 2. The first kappa shape index (κ1) is 16.3. The van der Waals surface area contributed by atoms with Gasteiger partial charge in [0.25, 0.3) is 0 Å². The summed E-state index contributed by atoms with van der Waals surface area (Å²) in [5, 5.41) is 0.493. The molecule has 0 saturated carbocycles. The minimum atomic E-state index is -0.539. The van der Waals surface area contributed by atoms with E-state index in [2.05, 4.69) is 9.47 Å². The number of carbonyl (C=O) groups excluding carboxylic acids is 2. The lowest BCUT2D eigenvalue weighted by atomic mass is 10.1. The lowest BCUT2D eigenvalue weighted by Gasteiger charge is -2.03. The van der Waals surface area contributed by atoms with E-state index in [0.29, 0.717) is 11.1 Å². The summed E-state index contributed by atoms with van der Waals surface area (Å²) in [7, 11) is 2.53. The smallest absolute Gasteiger partial charge is 0.331 e. The van der Waals surface area contributed by atoms with E-state index in [1.807, 2.05) is 0 Å². The van der Waals surface area contributed by atoms with E-state index >= 15 is 0 Å². The van der Waals surface area contributed by atoms with Crippen LogP contribution < -0.4 is 0 Å². The molecule has 1 aromatic carbocycles. The van der Waals surface area contributed by atoms with E-state index < -0.39 is 11.9 Å². The SMILES string of the molecule is COC(=O)/C=C(\Cl)c1ccc(/C(Cl)=C/C(=O)OC)cc1. The molecular weight excluding hydrogens is 303 g/mol. The molecule has 0 radical (unpaired) electrons. The van der Waals surface area contributed by atoms with Crippen LogP contribution in [-0.2, 0) is 19.1 Å². The van der Waals surface area contributed by atoms with Crippen LogP contribution >= 0.6 is 23.2 Å². The molecule has 20 heavy (non-hydrogen) atoms. The number of rotatable bonds is 4. The predicted molar refractivity (Wildman–Crippen MR) is 78.1 cm³/mol. The minimum absolute atomic E-state index is 0.247. The standard InChI is InChI=1S/C14H12Cl2O4/c1-19-13(17)7-11(15)9-3-5-10(6-4-9)12(16)8-14(18)20-2/h3-8H,1-2H3/b11-7-,12-8-. The van der Waals surface area contributed by atoms with Crippen LogP contribution in [0.5, 0.6) is 0 Å². The molecule has 4 nitrogen and oxygen atoms in total. The monoisotopic (exact) mass is 314 g/mol. The van der Waals surface area contributed by atoms with Gasteiger partial charge >= 0.3 is 11.9 Å². The average Bonchev–Trinajstić information content (AvgIpc) is 2.46. The van der Waals surface area contributed by atoms with Gasteiger partial charge in [-0.3, -0.25) is 0 Å². The maximum atomic E-state index is 11.1. The Kier molecular flexibility index (Phi) is 6.28. The molecule has 0 unspecified atom stereocenters. The van der Waals surface area contributed by atoms with E-state index in [9.17, 15) is 9.59 Å². The predicted octanol–water partition coefficient (Wildman–Crippen LogP) is 3.19. The van der Waals surface area contributed by atoms with Gasteiger partial charge < -0.3 is 9.47 Å². The van der Waals surface area contributed by atoms with Crippen molar-refractivity contribution in [3.8, 4) is 0 Å². The molecule has 0 N–H and O–H groups in total. The van der Waals surface area contributed by atoms with Gasteiger partial charge in [0.15, 0.2) is 0 Å². The van der Waals surface area contributed by atoms with E-state index in [1.54, 1.807) is 24.3 Å². The number of halogens is 2. The Morgan fingerprint density at radius 1 is 0.850 bits per heavy atom. The number of carbonyl (C=O) groups is 2. The maximum absolute atomic E-state index is 11.1. The fourth-order valence-corrected chi connectivity index (χ4v) is 1.71. The van der Waals surface area contributed by atoms with Crippen LogP contribution in [0, 0.1) is 0 Å². The van der Waals surface area contributed by atoms with Crippen molar-refractivity contribution >= 4 is 45.2 Å². The number of esters is 2. The van der Waals surface area contributed by atoms with Gasteiger partial charge in [0.05, 0.1) is 24.3 Å². The van der Waals surface area contributed by atoms with Crippen LogP contribution in [0.3, 0.4) is 0 Å². The largest absolute Gasteiger partial charge is 0.466 e. The zero-order valence-electron chi connectivity index (χ0n) is 10.9. The molecule has 0 heterocycles. The number of ether oxygens (including phenoxy) is 2. The lowest BCUT2D eigenvalue weighted by Crippen LogP contribution is -1.96. The van der Waals surface area contributed by atoms with Crippen molar-refractivity contribution in [2.75, 3.05) is 14.2 Å². The lowest BCUT2D eigenvalue weighted by molar-refractivity contribution is -0.135. The topological polar surface area (TPSA) is 52.6 Å². The summed E-state index contributed by atoms with van der Waals surface area (Å²) < 4.78 is 8.96. The summed E-state index contributed by atoms with van der Waals surface area (Å²) in [4.78, 5) is 22.1. The minimum Gasteiger partial charge on any atom is -0.466 e. The molecule has 1 rings (SSSR count). The molecule has 0 aliphatic carbocycles. The highest BCUT2D eigenvalue weighted by molar-refractivity contribution is 6.50. The Morgan fingerprint density at radius 3 is 1.40 bits per heavy atom. The quantitative estimate of drug-likeness (QED) is 0.632. The van der Waals surface area contributed by atoms with Crippen molar-refractivity contribution in [2.45, 2.75) is 0 Å². The van der Waals surface area contributed by atoms with Gasteiger partial charge in [-0.2, -0.15) is 0 Å². The molecule has 0 amide bonds. The molecule has 0 aliphatic rings. The molecule has 0 aliphatic heterocycles. The molecule has 106 valence electrons. The summed E-state index contributed by atoms with van der Waals surface area (Å²) in [6.07, 6.45) is 2.34. The highest BCUT2D eigenvalue weighted by atomic mass is 35.5. The number of hydrogen-bond acceptors (Lipinski definition) is 4. The van der Waals surface area contributed by atoms with Crippen LogP contribution in [0.4, 0.5) is 0 Å². The summed E-state index contributed by atoms with van der Waals surface area (Å²) >= 11 is 11.9. The third kappa shape index (κ3) is 4.72. The molecule has 0 aromatic heterocycles. The molecule has 0 bridgehead atoms. The second-order valence-corrected chi connectivity index (χ2v) is 4.42. The van der Waals surface area contributed by atoms with Crippen molar-refractivity contribution in [3.05, 3.63) is 47.5 Å². The van der Waals surface area contributed by atoms with Crippen molar-refractivity contribution in [1.29, 1.82) is 0 Å². The second kappa shape index (κ2) is 7.72. The first-order chi connectivity index (χ1) is 9.47. The maximum Gasteiger partial charge on any atom is 0.331 e. The zero-order chi connectivity index (χ0) is 15.1. The van der Waals surface area contributed by atoms with Crippen molar-refractivity contribution in [1.82, 2.24) is 0 Å².